The summed E-state index contributed by atoms with van der Waals surface area (Å²) in [7, 11) is 2.94. The van der Waals surface area contributed by atoms with Crippen molar-refractivity contribution in [3.8, 4) is 11.5 Å². The Bertz CT molecular complexity index is 471. The van der Waals surface area contributed by atoms with Gasteiger partial charge in [0.05, 0.1) is 14.2 Å². The molecular weight excluding hydrogens is 226 g/mol. The predicted octanol–water partition coefficient (Wildman–Crippen LogP) is 1.01. The molecule has 6 heteroatoms. The second-order valence-corrected chi connectivity index (χ2v) is 3.36. The molecule has 0 radical (unpaired) electrons. The maximum absolute atomic E-state index is 11.5. The number of cyclic esters (lactones) is 1. The molecule has 0 spiro atoms. The molecule has 1 N–H and O–H groups in total. The smallest absolute Gasteiger partial charge is 0.415 e. The van der Waals surface area contributed by atoms with E-state index in [-0.39, 0.29) is 0 Å². The van der Waals surface area contributed by atoms with Crippen molar-refractivity contribution in [3.05, 3.63) is 23.8 Å². The first-order valence-corrected chi connectivity index (χ1v) is 4.89. The highest BCUT2D eigenvalue weighted by Crippen LogP contribution is 2.37. The Morgan fingerprint density at radius 3 is 2.53 bits per heavy atom. The van der Waals surface area contributed by atoms with Crippen molar-refractivity contribution < 1.29 is 23.8 Å². The largest absolute Gasteiger partial charge is 0.493 e. The Labute approximate surface area is 97.5 Å². The van der Waals surface area contributed by atoms with Crippen molar-refractivity contribution in [1.29, 1.82) is 0 Å². The highest BCUT2D eigenvalue weighted by Gasteiger charge is 2.36. The van der Waals surface area contributed by atoms with E-state index in [4.69, 9.17) is 14.2 Å². The van der Waals surface area contributed by atoms with Crippen LogP contribution in [0.4, 0.5) is 4.79 Å². The van der Waals surface area contributed by atoms with Crippen molar-refractivity contribution in [2.45, 2.75) is 6.10 Å². The maximum Gasteiger partial charge on any atom is 0.415 e. The van der Waals surface area contributed by atoms with Crippen LogP contribution in [0.25, 0.3) is 0 Å². The first-order chi connectivity index (χ1) is 8.17. The summed E-state index contributed by atoms with van der Waals surface area (Å²) in [5, 5.41) is 2.06. The highest BCUT2D eigenvalue weighted by molar-refractivity contribution is 6.00. The Kier molecular flexibility index (Phi) is 2.86. The number of carbonyl (C=O) groups excluding carboxylic acids is 2. The molecule has 1 saturated heterocycles. The summed E-state index contributed by atoms with van der Waals surface area (Å²) in [5.74, 6) is 0.340. The standard InChI is InChI=1S/C11H11NO5/c1-15-7-5-3-4-6(8(7)16-2)9-10(13)12-11(14)17-9/h3-5,9H,1-2H3,(H,12,13,14)/t9-/m1/s1. The van der Waals surface area contributed by atoms with Gasteiger partial charge < -0.3 is 14.2 Å². The molecule has 1 aromatic carbocycles. The molecule has 0 aliphatic carbocycles. The van der Waals surface area contributed by atoms with Gasteiger partial charge in [0.2, 0.25) is 6.10 Å². The number of methoxy groups -OCH3 is 2. The normalized spacial score (nSPS) is 18.6. The third kappa shape index (κ3) is 1.89. The highest BCUT2D eigenvalue weighted by atomic mass is 16.6. The van der Waals surface area contributed by atoms with Crippen molar-refractivity contribution in [1.82, 2.24) is 5.32 Å². The summed E-state index contributed by atoms with van der Waals surface area (Å²) in [6.07, 6.45) is -1.75. The Morgan fingerprint density at radius 2 is 2.00 bits per heavy atom. The Balaban J connectivity index is 2.44. The number of nitrogens with one attached hydrogen (secondary N) is 1. The molecular formula is C11H11NO5. The molecule has 1 heterocycles. The van der Waals surface area contributed by atoms with Gasteiger partial charge in [-0.25, -0.2) is 4.79 Å². The average molecular weight is 237 g/mol. The summed E-state index contributed by atoms with van der Waals surface area (Å²) >= 11 is 0. The summed E-state index contributed by atoms with van der Waals surface area (Å²) in [4.78, 5) is 22.5. The van der Waals surface area contributed by atoms with Gasteiger partial charge >= 0.3 is 6.09 Å². The van der Waals surface area contributed by atoms with Crippen LogP contribution < -0.4 is 14.8 Å². The van der Waals surface area contributed by atoms with Gasteiger partial charge in [0.15, 0.2) is 11.5 Å². The van der Waals surface area contributed by atoms with E-state index in [1.807, 2.05) is 0 Å². The first-order valence-electron chi connectivity index (χ1n) is 4.89. The zero-order valence-electron chi connectivity index (χ0n) is 9.35. The molecule has 1 aromatic rings. The second-order valence-electron chi connectivity index (χ2n) is 3.36. The zero-order chi connectivity index (χ0) is 12.4. The fourth-order valence-corrected chi connectivity index (χ4v) is 1.68. The quantitative estimate of drug-likeness (QED) is 0.849. The lowest BCUT2D eigenvalue weighted by Gasteiger charge is -2.14. The molecule has 2 amide bonds. The van der Waals surface area contributed by atoms with E-state index in [0.29, 0.717) is 17.1 Å². The molecule has 0 saturated carbocycles. The molecule has 1 aliphatic heterocycles. The molecule has 2 rings (SSSR count). The Hall–Kier alpha value is -2.24. The number of benzene rings is 1. The van der Waals surface area contributed by atoms with E-state index in [0.717, 1.165) is 0 Å². The number of alkyl carbamates (subject to hydrolysis) is 1. The third-order valence-corrected chi connectivity index (χ3v) is 2.40. The Morgan fingerprint density at radius 1 is 1.24 bits per heavy atom. The van der Waals surface area contributed by atoms with Gasteiger partial charge in [0.25, 0.3) is 5.91 Å². The van der Waals surface area contributed by atoms with Gasteiger partial charge in [-0.05, 0) is 6.07 Å². The van der Waals surface area contributed by atoms with Crippen molar-refractivity contribution in [2.24, 2.45) is 0 Å². The van der Waals surface area contributed by atoms with Crippen molar-refractivity contribution >= 4 is 12.0 Å². The van der Waals surface area contributed by atoms with Crippen LogP contribution in [0.15, 0.2) is 18.2 Å². The minimum atomic E-state index is -0.993. The van der Waals surface area contributed by atoms with Crippen molar-refractivity contribution in [2.75, 3.05) is 14.2 Å². The minimum Gasteiger partial charge on any atom is -0.493 e. The SMILES string of the molecule is COc1cccc([C@H]2OC(=O)NC2=O)c1OC. The lowest BCUT2D eigenvalue weighted by atomic mass is 10.1. The first kappa shape index (κ1) is 11.3. The van der Waals surface area contributed by atoms with E-state index in [9.17, 15) is 9.59 Å². The number of imide groups is 1. The zero-order valence-corrected chi connectivity index (χ0v) is 9.35. The van der Waals surface area contributed by atoms with Crippen LogP contribution in [-0.4, -0.2) is 26.2 Å². The average Bonchev–Trinajstić information content (AvgIpc) is 2.67. The lowest BCUT2D eigenvalue weighted by Crippen LogP contribution is -2.20. The van der Waals surface area contributed by atoms with Crippen LogP contribution in [0.2, 0.25) is 0 Å². The molecule has 1 atom stereocenters. The van der Waals surface area contributed by atoms with Crippen LogP contribution in [0.5, 0.6) is 11.5 Å². The molecule has 0 bridgehead atoms. The van der Waals surface area contributed by atoms with E-state index in [2.05, 4.69) is 5.32 Å². The van der Waals surface area contributed by atoms with Crippen LogP contribution in [0.1, 0.15) is 11.7 Å². The number of amides is 2. The fourth-order valence-electron chi connectivity index (χ4n) is 1.68. The summed E-state index contributed by atoms with van der Waals surface area (Å²) in [6, 6.07) is 5.03. The van der Waals surface area contributed by atoms with E-state index < -0.39 is 18.1 Å². The number of rotatable bonds is 3. The molecule has 17 heavy (non-hydrogen) atoms. The van der Waals surface area contributed by atoms with Gasteiger partial charge in [-0.3, -0.25) is 10.1 Å². The van der Waals surface area contributed by atoms with Crippen molar-refractivity contribution in [3.63, 3.8) is 0 Å². The number of hydrogen-bond acceptors (Lipinski definition) is 5. The number of para-hydroxylation sites is 1. The van der Waals surface area contributed by atoms with Gasteiger partial charge in [0, 0.05) is 5.56 Å². The van der Waals surface area contributed by atoms with Gasteiger partial charge in [-0.1, -0.05) is 12.1 Å². The maximum atomic E-state index is 11.5. The van der Waals surface area contributed by atoms with Crippen LogP contribution in [-0.2, 0) is 9.53 Å². The van der Waals surface area contributed by atoms with E-state index in [1.165, 1.54) is 14.2 Å². The third-order valence-electron chi connectivity index (χ3n) is 2.40. The van der Waals surface area contributed by atoms with Crippen LogP contribution in [0.3, 0.4) is 0 Å². The van der Waals surface area contributed by atoms with Crippen LogP contribution >= 0.6 is 0 Å². The monoisotopic (exact) mass is 237 g/mol. The number of carbonyl (C=O) groups is 2. The van der Waals surface area contributed by atoms with Gasteiger partial charge in [-0.15, -0.1) is 0 Å². The summed E-state index contributed by atoms with van der Waals surface area (Å²) in [5.41, 5.74) is 0.454. The molecule has 1 fully saturated rings. The van der Waals surface area contributed by atoms with E-state index >= 15 is 0 Å². The second kappa shape index (κ2) is 4.32. The summed E-state index contributed by atoms with van der Waals surface area (Å²) < 4.78 is 15.1. The summed E-state index contributed by atoms with van der Waals surface area (Å²) in [6.45, 7) is 0. The van der Waals surface area contributed by atoms with Gasteiger partial charge in [-0.2, -0.15) is 0 Å². The van der Waals surface area contributed by atoms with Gasteiger partial charge in [0.1, 0.15) is 0 Å². The number of hydrogen-bond donors (Lipinski definition) is 1. The molecule has 1 aliphatic rings. The fraction of sp³-hybridized carbons (Fsp3) is 0.273. The number of ether oxygens (including phenoxy) is 3. The predicted molar refractivity (Wildman–Crippen MR) is 56.9 cm³/mol. The molecule has 0 unspecified atom stereocenters. The van der Waals surface area contributed by atoms with Crippen LogP contribution in [0, 0.1) is 0 Å². The van der Waals surface area contributed by atoms with E-state index in [1.54, 1.807) is 18.2 Å². The minimum absolute atomic E-state index is 0.379. The molecule has 6 nitrogen and oxygen atoms in total. The topological polar surface area (TPSA) is 73.9 Å². The lowest BCUT2D eigenvalue weighted by molar-refractivity contribution is -0.123. The molecule has 90 valence electrons. The molecule has 0 aromatic heterocycles.